The van der Waals surface area contributed by atoms with E-state index in [1.165, 1.54) is 0 Å². The van der Waals surface area contributed by atoms with Crippen molar-refractivity contribution >= 4 is 16.7 Å². The van der Waals surface area contributed by atoms with Crippen molar-refractivity contribution in [3.8, 4) is 6.07 Å². The Balaban J connectivity index is 1.85. The van der Waals surface area contributed by atoms with Crippen LogP contribution in [-0.4, -0.2) is 17.9 Å². The molecule has 3 aromatic carbocycles. The molecule has 0 radical (unpaired) electrons. The Morgan fingerprint density at radius 3 is 2.43 bits per heavy atom. The minimum Gasteiger partial charge on any atom is -0.337 e. The van der Waals surface area contributed by atoms with Crippen LogP contribution in [0.5, 0.6) is 0 Å². The molecule has 3 aromatic rings. The van der Waals surface area contributed by atoms with E-state index in [4.69, 9.17) is 5.26 Å². The third kappa shape index (κ3) is 3.07. The lowest BCUT2D eigenvalue weighted by Gasteiger charge is -2.18. The lowest BCUT2D eigenvalue weighted by molar-refractivity contribution is 0.0787. The molecule has 0 heterocycles. The zero-order chi connectivity index (χ0) is 16.2. The highest BCUT2D eigenvalue weighted by atomic mass is 16.2. The van der Waals surface area contributed by atoms with Gasteiger partial charge in [0.25, 0.3) is 5.91 Å². The van der Waals surface area contributed by atoms with Gasteiger partial charge in [-0.05, 0) is 34.5 Å². The number of benzene rings is 3. The van der Waals surface area contributed by atoms with Crippen LogP contribution >= 0.6 is 0 Å². The van der Waals surface area contributed by atoms with Crippen LogP contribution in [0.4, 0.5) is 0 Å². The third-order valence-electron chi connectivity index (χ3n) is 3.87. The Kier molecular flexibility index (Phi) is 4.07. The van der Waals surface area contributed by atoms with Gasteiger partial charge in [0, 0.05) is 19.2 Å². The van der Waals surface area contributed by atoms with Gasteiger partial charge in [0.15, 0.2) is 0 Å². The summed E-state index contributed by atoms with van der Waals surface area (Å²) in [5.74, 6) is -0.00819. The van der Waals surface area contributed by atoms with Gasteiger partial charge in [-0.1, -0.05) is 48.5 Å². The molecule has 3 rings (SSSR count). The topological polar surface area (TPSA) is 44.1 Å². The summed E-state index contributed by atoms with van der Waals surface area (Å²) < 4.78 is 0. The second-order valence-corrected chi connectivity index (χ2v) is 5.50. The normalized spacial score (nSPS) is 10.3. The smallest absolute Gasteiger partial charge is 0.254 e. The first-order valence-electron chi connectivity index (χ1n) is 7.41. The molecule has 3 nitrogen and oxygen atoms in total. The molecular formula is C20H16N2O. The Morgan fingerprint density at radius 1 is 1.00 bits per heavy atom. The van der Waals surface area contributed by atoms with E-state index in [9.17, 15) is 4.79 Å². The van der Waals surface area contributed by atoms with Gasteiger partial charge in [-0.3, -0.25) is 4.79 Å². The largest absolute Gasteiger partial charge is 0.337 e. The van der Waals surface area contributed by atoms with Gasteiger partial charge in [-0.15, -0.1) is 0 Å². The summed E-state index contributed by atoms with van der Waals surface area (Å²) in [5.41, 5.74) is 2.33. The number of hydrogen-bond acceptors (Lipinski definition) is 2. The van der Waals surface area contributed by atoms with Gasteiger partial charge in [-0.2, -0.15) is 5.26 Å². The summed E-state index contributed by atoms with van der Waals surface area (Å²) in [7, 11) is 1.79. The van der Waals surface area contributed by atoms with E-state index in [0.717, 1.165) is 16.3 Å². The van der Waals surface area contributed by atoms with E-state index in [2.05, 4.69) is 6.07 Å². The minimum atomic E-state index is -0.00819. The number of carbonyl (C=O) groups excluding carboxylic acids is 1. The summed E-state index contributed by atoms with van der Waals surface area (Å²) in [4.78, 5) is 14.5. The molecule has 0 aliphatic heterocycles. The zero-order valence-corrected chi connectivity index (χ0v) is 12.9. The molecule has 1 amide bonds. The van der Waals surface area contributed by atoms with E-state index in [1.54, 1.807) is 24.1 Å². The number of amides is 1. The Bertz CT molecular complexity index is 886. The summed E-state index contributed by atoms with van der Waals surface area (Å²) in [5, 5.41) is 10.9. The third-order valence-corrected chi connectivity index (χ3v) is 3.87. The lowest BCUT2D eigenvalue weighted by atomic mass is 10.0. The van der Waals surface area contributed by atoms with Gasteiger partial charge >= 0.3 is 0 Å². The van der Waals surface area contributed by atoms with E-state index >= 15 is 0 Å². The second kappa shape index (κ2) is 6.33. The lowest BCUT2D eigenvalue weighted by Crippen LogP contribution is -2.26. The van der Waals surface area contributed by atoms with Gasteiger partial charge in [-0.25, -0.2) is 0 Å². The highest BCUT2D eigenvalue weighted by Gasteiger charge is 2.14. The summed E-state index contributed by atoms with van der Waals surface area (Å²) >= 11 is 0. The minimum absolute atomic E-state index is 0.00819. The maximum atomic E-state index is 12.8. The van der Waals surface area contributed by atoms with Gasteiger partial charge in [0.05, 0.1) is 11.6 Å². The number of nitriles is 1. The fourth-order valence-corrected chi connectivity index (χ4v) is 2.65. The van der Waals surface area contributed by atoms with Crippen molar-refractivity contribution in [1.29, 1.82) is 5.26 Å². The monoisotopic (exact) mass is 300 g/mol. The predicted molar refractivity (Wildman–Crippen MR) is 90.9 cm³/mol. The van der Waals surface area contributed by atoms with Crippen LogP contribution in [0.2, 0.25) is 0 Å². The van der Waals surface area contributed by atoms with Crippen molar-refractivity contribution in [1.82, 2.24) is 4.90 Å². The highest BCUT2D eigenvalue weighted by Crippen LogP contribution is 2.20. The fourth-order valence-electron chi connectivity index (χ4n) is 2.65. The van der Waals surface area contributed by atoms with Crippen molar-refractivity contribution < 1.29 is 4.79 Å². The molecule has 0 saturated carbocycles. The molecule has 0 aromatic heterocycles. The van der Waals surface area contributed by atoms with Crippen molar-refractivity contribution in [3.63, 3.8) is 0 Å². The first-order valence-corrected chi connectivity index (χ1v) is 7.41. The fraction of sp³-hybridized carbons (Fsp3) is 0.100. The van der Waals surface area contributed by atoms with Gasteiger partial charge in [0.1, 0.15) is 0 Å². The molecule has 0 spiro atoms. The van der Waals surface area contributed by atoms with Crippen LogP contribution in [0.15, 0.2) is 66.7 Å². The molecule has 0 fully saturated rings. The Morgan fingerprint density at radius 2 is 1.70 bits per heavy atom. The van der Waals surface area contributed by atoms with Crippen LogP contribution in [0.3, 0.4) is 0 Å². The highest BCUT2D eigenvalue weighted by molar-refractivity contribution is 6.06. The van der Waals surface area contributed by atoms with Crippen molar-refractivity contribution in [3.05, 3.63) is 83.4 Å². The molecule has 3 heteroatoms. The summed E-state index contributed by atoms with van der Waals surface area (Å²) in [6, 6.07) is 23.1. The molecule has 0 aliphatic rings. The van der Waals surface area contributed by atoms with Crippen molar-refractivity contribution in [2.24, 2.45) is 0 Å². The van der Waals surface area contributed by atoms with E-state index in [-0.39, 0.29) is 5.91 Å². The predicted octanol–water partition coefficient (Wildman–Crippen LogP) is 3.98. The number of fused-ring (bicyclic) bond motifs is 1. The van der Waals surface area contributed by atoms with Crippen LogP contribution in [0.25, 0.3) is 10.8 Å². The van der Waals surface area contributed by atoms with Crippen LogP contribution < -0.4 is 0 Å². The number of carbonyl (C=O) groups is 1. The first-order chi connectivity index (χ1) is 11.2. The standard InChI is InChI=1S/C20H16N2O/c1-22(14-16-11-9-15(13-21)10-12-16)20(23)19-8-4-6-17-5-2-3-7-18(17)19/h2-12H,14H2,1H3. The maximum Gasteiger partial charge on any atom is 0.254 e. The number of rotatable bonds is 3. The van der Waals surface area contributed by atoms with Crippen molar-refractivity contribution in [2.75, 3.05) is 7.05 Å². The van der Waals surface area contributed by atoms with Crippen LogP contribution in [0.1, 0.15) is 21.5 Å². The molecule has 0 saturated heterocycles. The average molecular weight is 300 g/mol. The maximum absolute atomic E-state index is 12.8. The summed E-state index contributed by atoms with van der Waals surface area (Å²) in [6.45, 7) is 0.508. The van der Waals surface area contributed by atoms with E-state index in [1.807, 2.05) is 54.6 Å². The molecule has 0 atom stereocenters. The quantitative estimate of drug-likeness (QED) is 0.734. The second-order valence-electron chi connectivity index (χ2n) is 5.50. The number of hydrogen-bond donors (Lipinski definition) is 0. The van der Waals surface area contributed by atoms with Gasteiger partial charge < -0.3 is 4.90 Å². The van der Waals surface area contributed by atoms with Gasteiger partial charge in [0.2, 0.25) is 0 Å². The van der Waals surface area contributed by atoms with E-state index < -0.39 is 0 Å². The molecule has 112 valence electrons. The van der Waals surface area contributed by atoms with Crippen LogP contribution in [0, 0.1) is 11.3 Å². The van der Waals surface area contributed by atoms with Crippen molar-refractivity contribution in [2.45, 2.75) is 6.54 Å². The molecule has 0 aliphatic carbocycles. The molecule has 0 N–H and O–H groups in total. The van der Waals surface area contributed by atoms with Crippen LogP contribution in [-0.2, 0) is 6.54 Å². The molecule has 0 bridgehead atoms. The zero-order valence-electron chi connectivity index (χ0n) is 12.9. The average Bonchev–Trinajstić information content (AvgIpc) is 2.61. The SMILES string of the molecule is CN(Cc1ccc(C#N)cc1)C(=O)c1cccc2ccccc12. The Hall–Kier alpha value is -3.12. The summed E-state index contributed by atoms with van der Waals surface area (Å²) in [6.07, 6.45) is 0. The Labute approximate surface area is 135 Å². The molecule has 0 unspecified atom stereocenters. The van der Waals surface area contributed by atoms with E-state index in [0.29, 0.717) is 17.7 Å². The molecular weight excluding hydrogens is 284 g/mol. The molecule has 23 heavy (non-hydrogen) atoms. The first kappa shape index (κ1) is 14.8. The number of nitrogens with zero attached hydrogens (tertiary/aromatic N) is 2.